The van der Waals surface area contributed by atoms with Gasteiger partial charge in [0.1, 0.15) is 9.84 Å². The lowest BCUT2D eigenvalue weighted by Crippen LogP contribution is -2.26. The first-order valence-corrected chi connectivity index (χ1v) is 10.1. The molecular formula is C13H21NO4S2. The SMILES string of the molecule is Cc1ccc(C(N)CS(=O)(=O)CCS(C)(=O)=O)c(C)c1. The molecule has 1 aromatic rings. The molecule has 0 spiro atoms. The molecule has 0 saturated carbocycles. The first-order valence-electron chi connectivity index (χ1n) is 6.21. The maximum Gasteiger partial charge on any atom is 0.153 e. The summed E-state index contributed by atoms with van der Waals surface area (Å²) in [4.78, 5) is 0. The van der Waals surface area contributed by atoms with Crippen molar-refractivity contribution in [3.8, 4) is 0 Å². The summed E-state index contributed by atoms with van der Waals surface area (Å²) in [6.45, 7) is 3.83. The molecule has 20 heavy (non-hydrogen) atoms. The Kier molecular flexibility index (Phi) is 5.34. The molecule has 2 N–H and O–H groups in total. The van der Waals surface area contributed by atoms with Crippen LogP contribution in [0.3, 0.4) is 0 Å². The molecule has 1 aromatic carbocycles. The van der Waals surface area contributed by atoms with Crippen LogP contribution in [-0.4, -0.2) is 40.3 Å². The summed E-state index contributed by atoms with van der Waals surface area (Å²) >= 11 is 0. The van der Waals surface area contributed by atoms with Gasteiger partial charge in [-0.2, -0.15) is 0 Å². The lowest BCUT2D eigenvalue weighted by atomic mass is 10.0. The van der Waals surface area contributed by atoms with Gasteiger partial charge in [-0.1, -0.05) is 23.8 Å². The highest BCUT2D eigenvalue weighted by Gasteiger charge is 2.20. The van der Waals surface area contributed by atoms with Gasteiger partial charge in [0, 0.05) is 12.3 Å². The van der Waals surface area contributed by atoms with Gasteiger partial charge in [-0.05, 0) is 25.0 Å². The van der Waals surface area contributed by atoms with Gasteiger partial charge < -0.3 is 5.73 Å². The molecule has 5 nitrogen and oxygen atoms in total. The summed E-state index contributed by atoms with van der Waals surface area (Å²) in [5.41, 5.74) is 8.74. The fourth-order valence-corrected chi connectivity index (χ4v) is 5.09. The third-order valence-corrected chi connectivity index (χ3v) is 5.92. The maximum atomic E-state index is 11.9. The number of rotatable bonds is 6. The topological polar surface area (TPSA) is 94.3 Å². The van der Waals surface area contributed by atoms with Gasteiger partial charge in [-0.25, -0.2) is 16.8 Å². The van der Waals surface area contributed by atoms with E-state index in [2.05, 4.69) is 0 Å². The van der Waals surface area contributed by atoms with Crippen molar-refractivity contribution in [1.29, 1.82) is 0 Å². The van der Waals surface area contributed by atoms with Crippen molar-refractivity contribution in [2.75, 3.05) is 23.5 Å². The molecule has 0 radical (unpaired) electrons. The van der Waals surface area contributed by atoms with E-state index in [-0.39, 0.29) is 17.3 Å². The van der Waals surface area contributed by atoms with E-state index in [1.54, 1.807) is 0 Å². The fraction of sp³-hybridized carbons (Fsp3) is 0.538. The Bertz CT molecular complexity index is 678. The highest BCUT2D eigenvalue weighted by molar-refractivity contribution is 7.94. The molecule has 0 aliphatic rings. The van der Waals surface area contributed by atoms with Gasteiger partial charge in [0.15, 0.2) is 9.84 Å². The summed E-state index contributed by atoms with van der Waals surface area (Å²) < 4.78 is 45.8. The molecule has 0 aliphatic carbocycles. The number of hydrogen-bond acceptors (Lipinski definition) is 5. The van der Waals surface area contributed by atoms with Crippen molar-refractivity contribution in [2.24, 2.45) is 5.73 Å². The Morgan fingerprint density at radius 3 is 2.20 bits per heavy atom. The predicted molar refractivity (Wildman–Crippen MR) is 81.2 cm³/mol. The van der Waals surface area contributed by atoms with Crippen LogP contribution in [0.2, 0.25) is 0 Å². The van der Waals surface area contributed by atoms with E-state index in [1.807, 2.05) is 32.0 Å². The summed E-state index contributed by atoms with van der Waals surface area (Å²) in [6.07, 6.45) is 1.02. The van der Waals surface area contributed by atoms with Gasteiger partial charge in [0.25, 0.3) is 0 Å². The van der Waals surface area contributed by atoms with Crippen LogP contribution in [0.1, 0.15) is 22.7 Å². The zero-order valence-electron chi connectivity index (χ0n) is 12.0. The van der Waals surface area contributed by atoms with E-state index in [9.17, 15) is 16.8 Å². The van der Waals surface area contributed by atoms with Crippen molar-refractivity contribution in [3.63, 3.8) is 0 Å². The normalized spacial score (nSPS) is 14.2. The molecule has 7 heteroatoms. The van der Waals surface area contributed by atoms with E-state index in [1.165, 1.54) is 0 Å². The van der Waals surface area contributed by atoms with Gasteiger partial charge in [0.05, 0.1) is 17.3 Å². The third kappa shape index (κ3) is 5.60. The molecule has 0 aliphatic heterocycles. The van der Waals surface area contributed by atoms with Crippen molar-refractivity contribution in [3.05, 3.63) is 34.9 Å². The molecule has 1 rings (SSSR count). The second kappa shape index (κ2) is 6.24. The van der Waals surface area contributed by atoms with E-state index in [0.717, 1.165) is 22.9 Å². The number of sulfone groups is 2. The lowest BCUT2D eigenvalue weighted by molar-refractivity contribution is 0.585. The fourth-order valence-electron chi connectivity index (χ4n) is 1.97. The van der Waals surface area contributed by atoms with Crippen molar-refractivity contribution < 1.29 is 16.8 Å². The molecule has 114 valence electrons. The molecule has 0 bridgehead atoms. The van der Waals surface area contributed by atoms with Crippen LogP contribution < -0.4 is 5.73 Å². The predicted octanol–water partition coefficient (Wildman–Crippen LogP) is 0.763. The lowest BCUT2D eigenvalue weighted by Gasteiger charge is -2.15. The van der Waals surface area contributed by atoms with Gasteiger partial charge in [-0.15, -0.1) is 0 Å². The van der Waals surface area contributed by atoms with Crippen LogP contribution in [0.15, 0.2) is 18.2 Å². The van der Waals surface area contributed by atoms with Crippen LogP contribution in [0, 0.1) is 13.8 Å². The van der Waals surface area contributed by atoms with E-state index >= 15 is 0 Å². The van der Waals surface area contributed by atoms with Gasteiger partial charge in [-0.3, -0.25) is 0 Å². The Hall–Kier alpha value is -0.920. The highest BCUT2D eigenvalue weighted by atomic mass is 32.2. The smallest absolute Gasteiger partial charge is 0.153 e. The van der Waals surface area contributed by atoms with E-state index < -0.39 is 25.7 Å². The van der Waals surface area contributed by atoms with Crippen molar-refractivity contribution in [1.82, 2.24) is 0 Å². The second-order valence-corrected chi connectivity index (χ2v) is 9.70. The quantitative estimate of drug-likeness (QED) is 0.835. The van der Waals surface area contributed by atoms with E-state index in [0.29, 0.717) is 0 Å². The van der Waals surface area contributed by atoms with Crippen LogP contribution in [0.5, 0.6) is 0 Å². The molecule has 0 aromatic heterocycles. The number of aryl methyl sites for hydroxylation is 2. The Morgan fingerprint density at radius 2 is 1.70 bits per heavy atom. The molecule has 0 amide bonds. The Labute approximate surface area is 121 Å². The minimum Gasteiger partial charge on any atom is -0.323 e. The Balaban J connectivity index is 2.81. The first kappa shape index (κ1) is 17.1. The summed E-state index contributed by atoms with van der Waals surface area (Å²) in [7, 11) is -6.78. The largest absolute Gasteiger partial charge is 0.323 e. The summed E-state index contributed by atoms with van der Waals surface area (Å²) in [5.74, 6) is -0.994. The molecule has 1 atom stereocenters. The summed E-state index contributed by atoms with van der Waals surface area (Å²) in [5, 5.41) is 0. The van der Waals surface area contributed by atoms with Crippen LogP contribution >= 0.6 is 0 Å². The summed E-state index contributed by atoms with van der Waals surface area (Å²) in [6, 6.07) is 5.01. The van der Waals surface area contributed by atoms with Crippen LogP contribution in [-0.2, 0) is 19.7 Å². The minimum atomic E-state index is -3.49. The highest BCUT2D eigenvalue weighted by Crippen LogP contribution is 2.19. The average molecular weight is 319 g/mol. The molecule has 0 heterocycles. The monoisotopic (exact) mass is 319 g/mol. The maximum absolute atomic E-state index is 11.9. The van der Waals surface area contributed by atoms with Gasteiger partial charge >= 0.3 is 0 Å². The number of nitrogens with two attached hydrogens (primary N) is 1. The van der Waals surface area contributed by atoms with Crippen LogP contribution in [0.25, 0.3) is 0 Å². The standard InChI is InChI=1S/C13H21NO4S2/c1-10-4-5-12(11(2)8-10)13(14)9-20(17,18)7-6-19(3,15)16/h4-5,8,13H,6-7,9,14H2,1-3H3. The zero-order valence-corrected chi connectivity index (χ0v) is 13.6. The second-order valence-electron chi connectivity index (χ2n) is 5.21. The number of benzene rings is 1. The molecule has 0 fully saturated rings. The first-order chi connectivity index (χ1) is 9.00. The third-order valence-electron chi connectivity index (χ3n) is 3.02. The number of hydrogen-bond donors (Lipinski definition) is 1. The van der Waals surface area contributed by atoms with Crippen LogP contribution in [0.4, 0.5) is 0 Å². The average Bonchev–Trinajstić information content (AvgIpc) is 2.24. The van der Waals surface area contributed by atoms with Gasteiger partial charge in [0.2, 0.25) is 0 Å². The Morgan fingerprint density at radius 1 is 1.10 bits per heavy atom. The molecular weight excluding hydrogens is 298 g/mol. The molecule has 0 saturated heterocycles. The minimum absolute atomic E-state index is 0.244. The van der Waals surface area contributed by atoms with E-state index in [4.69, 9.17) is 5.73 Å². The van der Waals surface area contributed by atoms with Crippen molar-refractivity contribution >= 4 is 19.7 Å². The van der Waals surface area contributed by atoms with Crippen molar-refractivity contribution in [2.45, 2.75) is 19.9 Å². The zero-order chi connectivity index (χ0) is 15.6. The molecule has 1 unspecified atom stereocenters.